The molecule has 0 aliphatic carbocycles. The summed E-state index contributed by atoms with van der Waals surface area (Å²) in [5, 5.41) is 4.81. The van der Waals surface area contributed by atoms with Crippen molar-refractivity contribution in [2.75, 3.05) is 0 Å². The minimum absolute atomic E-state index is 0.645. The molecule has 0 unspecified atom stereocenters. The number of thioether (sulfide) groups is 1. The molecule has 2 aromatic heterocycles. The van der Waals surface area contributed by atoms with E-state index in [1.807, 2.05) is 6.07 Å². The molecule has 7 heteroatoms. The van der Waals surface area contributed by atoms with Gasteiger partial charge >= 0.3 is 0 Å². The molecule has 0 aliphatic rings. The first-order chi connectivity index (χ1) is 6.86. The lowest BCUT2D eigenvalue weighted by Gasteiger charge is -1.96. The predicted molar refractivity (Wildman–Crippen MR) is 56.5 cm³/mol. The van der Waals surface area contributed by atoms with Gasteiger partial charge in [-0.05, 0) is 6.07 Å². The topological polar surface area (TPSA) is 51.6 Å². The Kier molecular flexibility index (Phi) is 3.28. The van der Waals surface area contributed by atoms with Crippen LogP contribution in [-0.2, 0) is 5.75 Å². The van der Waals surface area contributed by atoms with Crippen molar-refractivity contribution in [2.24, 2.45) is 0 Å². The summed E-state index contributed by atoms with van der Waals surface area (Å²) >= 11 is 8.61. The fourth-order valence-corrected chi connectivity index (χ4v) is 2.35. The molecule has 0 saturated carbocycles. The Morgan fingerprint density at radius 1 is 1.50 bits per heavy atom. The third-order valence-corrected chi connectivity index (χ3v) is 3.36. The number of hydrogen-bond acceptors (Lipinski definition) is 6. The number of rotatable bonds is 3. The van der Waals surface area contributed by atoms with E-state index in [0.717, 1.165) is 10.7 Å². The molecule has 0 aromatic carbocycles. The van der Waals surface area contributed by atoms with E-state index >= 15 is 0 Å². The molecule has 0 atom stereocenters. The molecule has 2 aromatic rings. The van der Waals surface area contributed by atoms with Gasteiger partial charge in [-0.3, -0.25) is 0 Å². The second kappa shape index (κ2) is 4.68. The second-order valence-corrected chi connectivity index (χ2v) is 4.68. The van der Waals surface area contributed by atoms with Gasteiger partial charge < -0.3 is 0 Å². The molecule has 0 saturated heterocycles. The minimum atomic E-state index is 0.645. The summed E-state index contributed by atoms with van der Waals surface area (Å²) in [7, 11) is 0. The first kappa shape index (κ1) is 9.82. The van der Waals surface area contributed by atoms with Crippen molar-refractivity contribution in [3.05, 3.63) is 28.6 Å². The fourth-order valence-electron chi connectivity index (χ4n) is 0.789. The highest BCUT2D eigenvalue weighted by Crippen LogP contribution is 2.25. The molecule has 72 valence electrons. The zero-order valence-corrected chi connectivity index (χ0v) is 9.31. The monoisotopic (exact) mass is 244 g/mol. The summed E-state index contributed by atoms with van der Waals surface area (Å²) < 4.78 is 4.39. The van der Waals surface area contributed by atoms with E-state index in [1.54, 1.807) is 18.0 Å². The van der Waals surface area contributed by atoms with Gasteiger partial charge in [0.2, 0.25) is 0 Å². The van der Waals surface area contributed by atoms with Crippen LogP contribution in [0, 0.1) is 0 Å². The molecule has 14 heavy (non-hydrogen) atoms. The molecule has 0 radical (unpaired) electrons. The van der Waals surface area contributed by atoms with E-state index in [4.69, 9.17) is 11.6 Å². The Bertz CT molecular complexity index is 405. The van der Waals surface area contributed by atoms with E-state index in [9.17, 15) is 0 Å². The molecule has 0 bridgehead atoms. The van der Waals surface area contributed by atoms with E-state index in [2.05, 4.69) is 19.6 Å². The van der Waals surface area contributed by atoms with Crippen LogP contribution in [0.5, 0.6) is 0 Å². The largest absolute Gasteiger partial charge is 0.245 e. The van der Waals surface area contributed by atoms with Gasteiger partial charge in [-0.1, -0.05) is 27.9 Å². The molecule has 0 aliphatic heterocycles. The van der Waals surface area contributed by atoms with Crippen molar-refractivity contribution >= 4 is 34.9 Å². The highest BCUT2D eigenvalue weighted by atomic mass is 35.5. The van der Waals surface area contributed by atoms with Gasteiger partial charge in [-0.2, -0.15) is 0 Å². The summed E-state index contributed by atoms with van der Waals surface area (Å²) in [5.41, 5.74) is 0.806. The summed E-state index contributed by atoms with van der Waals surface area (Å²) in [5.74, 6) is 0.687. The maximum atomic E-state index is 5.85. The molecule has 0 N–H and O–H groups in total. The lowest BCUT2D eigenvalue weighted by molar-refractivity contribution is 1.04. The molecule has 0 fully saturated rings. The van der Waals surface area contributed by atoms with Crippen LogP contribution in [0.15, 0.2) is 23.6 Å². The average Bonchev–Trinajstić information content (AvgIpc) is 2.63. The lowest BCUT2D eigenvalue weighted by Crippen LogP contribution is -1.84. The van der Waals surface area contributed by atoms with Crippen LogP contribution in [0.1, 0.15) is 5.69 Å². The van der Waals surface area contributed by atoms with Gasteiger partial charge in [0.25, 0.3) is 0 Å². The lowest BCUT2D eigenvalue weighted by atomic mass is 10.6. The van der Waals surface area contributed by atoms with Crippen molar-refractivity contribution in [2.45, 2.75) is 10.8 Å². The Morgan fingerprint density at radius 3 is 3.07 bits per heavy atom. The van der Waals surface area contributed by atoms with Crippen LogP contribution in [0.2, 0.25) is 4.34 Å². The fraction of sp³-hybridized carbons (Fsp3) is 0.143. The van der Waals surface area contributed by atoms with E-state index in [-0.39, 0.29) is 0 Å². The number of nitrogens with zero attached hydrogens (tertiary/aromatic N) is 4. The molecule has 4 nitrogen and oxygen atoms in total. The standard InChI is InChI=1S/C7H5ClN4S2/c8-7-5(11-12-14-7)3-13-6-1-2-9-4-10-6/h1-2,4H,3H2. The second-order valence-electron chi connectivity index (χ2n) is 2.33. The van der Waals surface area contributed by atoms with Crippen LogP contribution >= 0.6 is 34.9 Å². The quantitative estimate of drug-likeness (QED) is 0.612. The van der Waals surface area contributed by atoms with Crippen molar-refractivity contribution in [3.63, 3.8) is 0 Å². The Morgan fingerprint density at radius 2 is 2.43 bits per heavy atom. The van der Waals surface area contributed by atoms with Gasteiger partial charge in [0.1, 0.15) is 16.4 Å². The van der Waals surface area contributed by atoms with Crippen LogP contribution in [0.3, 0.4) is 0 Å². The van der Waals surface area contributed by atoms with Crippen LogP contribution < -0.4 is 0 Å². The Labute approximate surface area is 93.9 Å². The van der Waals surface area contributed by atoms with Gasteiger partial charge in [-0.25, -0.2) is 9.97 Å². The highest BCUT2D eigenvalue weighted by Gasteiger charge is 2.05. The average molecular weight is 245 g/mol. The maximum absolute atomic E-state index is 5.85. The molecule has 0 spiro atoms. The first-order valence-corrected chi connectivity index (χ1v) is 5.85. The Hall–Kier alpha value is -0.720. The normalized spacial score (nSPS) is 10.4. The minimum Gasteiger partial charge on any atom is -0.245 e. The number of hydrogen-bond donors (Lipinski definition) is 0. The third kappa shape index (κ3) is 2.40. The highest BCUT2D eigenvalue weighted by molar-refractivity contribution is 7.98. The first-order valence-electron chi connectivity index (χ1n) is 3.72. The van der Waals surface area contributed by atoms with Crippen molar-refractivity contribution in [3.8, 4) is 0 Å². The molecule has 2 rings (SSSR count). The summed E-state index contributed by atoms with van der Waals surface area (Å²) in [6.45, 7) is 0. The van der Waals surface area contributed by atoms with Crippen molar-refractivity contribution in [1.29, 1.82) is 0 Å². The molecule has 2 heterocycles. The van der Waals surface area contributed by atoms with Crippen LogP contribution in [0.4, 0.5) is 0 Å². The van der Waals surface area contributed by atoms with Gasteiger partial charge in [0.15, 0.2) is 0 Å². The van der Waals surface area contributed by atoms with E-state index in [1.165, 1.54) is 17.9 Å². The SMILES string of the molecule is Clc1snnc1CSc1ccncn1. The van der Waals surface area contributed by atoms with E-state index in [0.29, 0.717) is 10.1 Å². The number of halogens is 1. The van der Waals surface area contributed by atoms with Crippen molar-refractivity contribution in [1.82, 2.24) is 19.6 Å². The predicted octanol–water partition coefficient (Wildman–Crippen LogP) is 2.27. The van der Waals surface area contributed by atoms with Crippen LogP contribution in [-0.4, -0.2) is 19.6 Å². The Balaban J connectivity index is 1.99. The van der Waals surface area contributed by atoms with Gasteiger partial charge in [0.05, 0.1) is 5.03 Å². The molecular weight excluding hydrogens is 240 g/mol. The summed E-state index contributed by atoms with van der Waals surface area (Å²) in [4.78, 5) is 7.90. The molecule has 0 amide bonds. The zero-order valence-electron chi connectivity index (χ0n) is 6.92. The maximum Gasteiger partial charge on any atom is 0.138 e. The van der Waals surface area contributed by atoms with Crippen molar-refractivity contribution < 1.29 is 0 Å². The third-order valence-electron chi connectivity index (χ3n) is 1.42. The molecular formula is C7H5ClN4S2. The summed E-state index contributed by atoms with van der Waals surface area (Å²) in [6, 6.07) is 1.85. The van der Waals surface area contributed by atoms with Gasteiger partial charge in [0, 0.05) is 23.5 Å². The van der Waals surface area contributed by atoms with Gasteiger partial charge in [-0.15, -0.1) is 5.10 Å². The summed E-state index contributed by atoms with van der Waals surface area (Å²) in [6.07, 6.45) is 3.22. The van der Waals surface area contributed by atoms with Crippen LogP contribution in [0.25, 0.3) is 0 Å². The van der Waals surface area contributed by atoms with E-state index < -0.39 is 0 Å². The zero-order chi connectivity index (χ0) is 9.80. The number of aromatic nitrogens is 4. The smallest absolute Gasteiger partial charge is 0.138 e.